The van der Waals surface area contributed by atoms with Crippen molar-refractivity contribution in [2.75, 3.05) is 26.2 Å². The number of fused-ring (bicyclic) bond motifs is 1. The molecule has 1 aliphatic rings. The Morgan fingerprint density at radius 1 is 0.846 bits per heavy atom. The van der Waals surface area contributed by atoms with Crippen LogP contribution >= 0.6 is 0 Å². The van der Waals surface area contributed by atoms with Crippen LogP contribution in [0.4, 0.5) is 0 Å². The van der Waals surface area contributed by atoms with E-state index in [0.29, 0.717) is 17.9 Å². The molecule has 0 amide bonds. The van der Waals surface area contributed by atoms with Gasteiger partial charge in [0.25, 0.3) is 5.56 Å². The molecule has 0 saturated carbocycles. The van der Waals surface area contributed by atoms with Gasteiger partial charge in [0, 0.05) is 49.2 Å². The minimum atomic E-state index is -0.364. The van der Waals surface area contributed by atoms with E-state index in [1.54, 1.807) is 0 Å². The lowest BCUT2D eigenvalue weighted by molar-refractivity contribution is 0.0998. The Labute approximate surface area is 227 Å². The Kier molecular flexibility index (Phi) is 7.04. The van der Waals surface area contributed by atoms with Gasteiger partial charge in [-0.05, 0) is 58.7 Å². The first-order valence-electron chi connectivity index (χ1n) is 13.5. The topological polar surface area (TPSA) is 82.9 Å². The van der Waals surface area contributed by atoms with Crippen molar-refractivity contribution in [1.29, 1.82) is 0 Å². The summed E-state index contributed by atoms with van der Waals surface area (Å²) in [5.74, 6) is 0.685. The number of aromatic amines is 1. The number of nitrogens with one attached hydrogen (secondary N) is 1. The Bertz CT molecular complexity index is 1620. The van der Waals surface area contributed by atoms with Crippen LogP contribution in [0.3, 0.4) is 0 Å². The van der Waals surface area contributed by atoms with Crippen molar-refractivity contribution in [1.82, 2.24) is 35.0 Å². The van der Waals surface area contributed by atoms with Crippen LogP contribution in [0.1, 0.15) is 39.7 Å². The van der Waals surface area contributed by atoms with Crippen LogP contribution in [-0.4, -0.2) is 61.2 Å². The van der Waals surface area contributed by atoms with Gasteiger partial charge in [0.2, 0.25) is 0 Å². The summed E-state index contributed by atoms with van der Waals surface area (Å²) < 4.78 is 1.84. The largest absolute Gasteiger partial charge is 0.322 e. The molecular weight excluding hydrogens is 486 g/mol. The molecule has 1 N–H and O–H groups in total. The van der Waals surface area contributed by atoms with Gasteiger partial charge in [-0.15, -0.1) is 5.10 Å². The van der Waals surface area contributed by atoms with Gasteiger partial charge in [0.15, 0.2) is 5.82 Å². The lowest BCUT2D eigenvalue weighted by Crippen LogP contribution is -2.48. The highest BCUT2D eigenvalue weighted by atomic mass is 16.1. The number of aromatic nitrogens is 5. The zero-order chi connectivity index (χ0) is 26.8. The quantitative estimate of drug-likeness (QED) is 0.349. The first kappa shape index (κ1) is 25.2. The third-order valence-electron chi connectivity index (χ3n) is 7.64. The highest BCUT2D eigenvalue weighted by Gasteiger charge is 2.33. The third kappa shape index (κ3) is 5.39. The van der Waals surface area contributed by atoms with Crippen molar-refractivity contribution in [3.8, 4) is 0 Å². The van der Waals surface area contributed by atoms with Crippen LogP contribution in [0.25, 0.3) is 10.9 Å². The van der Waals surface area contributed by atoms with Crippen LogP contribution in [0, 0.1) is 13.8 Å². The smallest absolute Gasteiger partial charge is 0.253 e. The van der Waals surface area contributed by atoms with Crippen molar-refractivity contribution >= 4 is 10.9 Å². The van der Waals surface area contributed by atoms with Gasteiger partial charge >= 0.3 is 0 Å². The van der Waals surface area contributed by atoms with Gasteiger partial charge in [0.1, 0.15) is 6.04 Å². The molecule has 1 fully saturated rings. The zero-order valence-electron chi connectivity index (χ0n) is 22.4. The van der Waals surface area contributed by atoms with Gasteiger partial charge in [-0.3, -0.25) is 14.6 Å². The molecule has 39 heavy (non-hydrogen) atoms. The first-order chi connectivity index (χ1) is 19.0. The summed E-state index contributed by atoms with van der Waals surface area (Å²) in [7, 11) is 0. The van der Waals surface area contributed by atoms with Crippen molar-refractivity contribution in [2.24, 2.45) is 0 Å². The SMILES string of the molecule is Cc1cc(C)c2cc(C(c3nnnn3Cc3ccccc3)N3CCN(Cc4ccccc4)CC3)c(=O)[nH]c2c1. The summed E-state index contributed by atoms with van der Waals surface area (Å²) in [5.41, 5.74) is 6.12. The standard InChI is InChI=1S/C31H33N7O/c1-22-17-23(2)26-19-27(31(39)32-28(26)18-22)29(30-33-34-35-38(30)21-25-11-7-4-8-12-25)37-15-13-36(14-16-37)20-24-9-5-3-6-10-24/h3-12,17-19,29H,13-16,20-21H2,1-2H3,(H,32,39). The molecule has 0 aliphatic carbocycles. The molecule has 0 spiro atoms. The second-order valence-electron chi connectivity index (χ2n) is 10.5. The first-order valence-corrected chi connectivity index (χ1v) is 13.5. The summed E-state index contributed by atoms with van der Waals surface area (Å²) in [6, 6.07) is 26.6. The number of nitrogens with zero attached hydrogens (tertiary/aromatic N) is 6. The number of aryl methyl sites for hydroxylation is 2. The highest BCUT2D eigenvalue weighted by molar-refractivity contribution is 5.83. The molecule has 0 radical (unpaired) electrons. The fourth-order valence-electron chi connectivity index (χ4n) is 5.69. The summed E-state index contributed by atoms with van der Waals surface area (Å²) in [6.45, 7) is 9.00. The third-order valence-corrected chi connectivity index (χ3v) is 7.64. The molecule has 0 bridgehead atoms. The zero-order valence-corrected chi connectivity index (χ0v) is 22.4. The maximum absolute atomic E-state index is 13.6. The molecule has 198 valence electrons. The van der Waals surface area contributed by atoms with Crippen molar-refractivity contribution in [3.05, 3.63) is 123 Å². The summed E-state index contributed by atoms with van der Waals surface area (Å²) in [4.78, 5) is 21.6. The van der Waals surface area contributed by atoms with Crippen molar-refractivity contribution in [3.63, 3.8) is 0 Å². The Hall–Kier alpha value is -4.14. The van der Waals surface area contributed by atoms with E-state index in [4.69, 9.17) is 0 Å². The maximum atomic E-state index is 13.6. The number of piperazine rings is 1. The Morgan fingerprint density at radius 2 is 1.51 bits per heavy atom. The van der Waals surface area contributed by atoms with E-state index < -0.39 is 0 Å². The fraction of sp³-hybridized carbons (Fsp3) is 0.290. The summed E-state index contributed by atoms with van der Waals surface area (Å²) in [5, 5.41) is 14.0. The molecule has 8 heteroatoms. The average Bonchev–Trinajstić information content (AvgIpc) is 3.39. The van der Waals surface area contributed by atoms with E-state index in [9.17, 15) is 4.79 Å². The van der Waals surface area contributed by atoms with Crippen LogP contribution in [0.15, 0.2) is 83.7 Å². The van der Waals surface area contributed by atoms with Crippen molar-refractivity contribution in [2.45, 2.75) is 33.0 Å². The molecule has 5 aromatic rings. The maximum Gasteiger partial charge on any atom is 0.253 e. The van der Waals surface area contributed by atoms with E-state index >= 15 is 0 Å². The normalized spacial score (nSPS) is 15.5. The number of pyridine rings is 1. The van der Waals surface area contributed by atoms with Gasteiger partial charge in [-0.1, -0.05) is 66.7 Å². The average molecular weight is 520 g/mol. The van der Waals surface area contributed by atoms with Gasteiger partial charge in [-0.2, -0.15) is 0 Å². The predicted octanol–water partition coefficient (Wildman–Crippen LogP) is 4.09. The van der Waals surface area contributed by atoms with Crippen LogP contribution in [0.2, 0.25) is 0 Å². The van der Waals surface area contributed by atoms with Crippen LogP contribution in [0.5, 0.6) is 0 Å². The summed E-state index contributed by atoms with van der Waals surface area (Å²) in [6.07, 6.45) is 0. The molecule has 2 aromatic heterocycles. The molecule has 6 rings (SSSR count). The summed E-state index contributed by atoms with van der Waals surface area (Å²) >= 11 is 0. The van der Waals surface area contributed by atoms with E-state index in [1.807, 2.05) is 41.9 Å². The van der Waals surface area contributed by atoms with Crippen LogP contribution < -0.4 is 5.56 Å². The van der Waals surface area contributed by atoms with Crippen LogP contribution in [-0.2, 0) is 13.1 Å². The number of tetrazole rings is 1. The minimum absolute atomic E-state index is 0.0986. The number of rotatable bonds is 7. The molecular formula is C31H33N7O. The fourth-order valence-corrected chi connectivity index (χ4v) is 5.69. The molecule has 3 heterocycles. The lowest BCUT2D eigenvalue weighted by atomic mass is 9.99. The van der Waals surface area contributed by atoms with Gasteiger partial charge < -0.3 is 4.98 Å². The second kappa shape index (κ2) is 10.9. The van der Waals surface area contributed by atoms with E-state index in [1.165, 1.54) is 5.56 Å². The Morgan fingerprint density at radius 3 is 2.21 bits per heavy atom. The van der Waals surface area contributed by atoms with Gasteiger partial charge in [-0.25, -0.2) is 4.68 Å². The number of hydrogen-bond acceptors (Lipinski definition) is 6. The van der Waals surface area contributed by atoms with E-state index in [2.05, 4.69) is 85.8 Å². The Balaban J connectivity index is 1.37. The second-order valence-corrected chi connectivity index (χ2v) is 10.5. The number of H-pyrrole nitrogens is 1. The number of hydrogen-bond donors (Lipinski definition) is 1. The lowest BCUT2D eigenvalue weighted by Gasteiger charge is -2.38. The van der Waals surface area contributed by atoms with Crippen molar-refractivity contribution < 1.29 is 0 Å². The molecule has 3 aromatic carbocycles. The minimum Gasteiger partial charge on any atom is -0.322 e. The molecule has 1 atom stereocenters. The molecule has 8 nitrogen and oxygen atoms in total. The predicted molar refractivity (Wildman–Crippen MR) is 153 cm³/mol. The molecule has 1 saturated heterocycles. The highest BCUT2D eigenvalue weighted by Crippen LogP contribution is 2.29. The monoisotopic (exact) mass is 519 g/mol. The molecule has 1 aliphatic heterocycles. The molecule has 1 unspecified atom stereocenters. The van der Waals surface area contributed by atoms with E-state index in [0.717, 1.165) is 60.3 Å². The van der Waals surface area contributed by atoms with Gasteiger partial charge in [0.05, 0.1) is 6.54 Å². The number of benzene rings is 3. The van der Waals surface area contributed by atoms with E-state index in [-0.39, 0.29) is 11.6 Å².